The van der Waals surface area contributed by atoms with E-state index in [-0.39, 0.29) is 11.6 Å². The number of hydrogen-bond donors (Lipinski definition) is 1. The molecule has 1 nitrogen and oxygen atoms in total. The molecule has 0 atom stereocenters. The fraction of sp³-hybridized carbons (Fsp3) is 0. The minimum Gasteiger partial charge on any atom is -0.310 e. The molecule has 0 N–H and O–H groups in total. The Balaban J connectivity index is 2.10. The van der Waals surface area contributed by atoms with Gasteiger partial charge >= 0.3 is 0 Å². The molecule has 0 aliphatic carbocycles. The maximum Gasteiger partial charge on any atom is 0.123 e. The summed E-state index contributed by atoms with van der Waals surface area (Å²) in [5, 5.41) is 0. The summed E-state index contributed by atoms with van der Waals surface area (Å²) in [4.78, 5) is 2.77. The molecule has 0 radical (unpaired) electrons. The Labute approximate surface area is 133 Å². The predicted octanol–water partition coefficient (Wildman–Crippen LogP) is 5.72. The van der Waals surface area contributed by atoms with E-state index in [4.69, 9.17) is 0 Å². The Morgan fingerprint density at radius 2 is 0.864 bits per heavy atom. The van der Waals surface area contributed by atoms with Gasteiger partial charge in [-0.05, 0) is 72.8 Å². The molecule has 3 aromatic rings. The highest BCUT2D eigenvalue weighted by Crippen LogP contribution is 2.34. The Morgan fingerprint density at radius 1 is 0.545 bits per heavy atom. The van der Waals surface area contributed by atoms with E-state index in [1.807, 2.05) is 29.2 Å². The molecule has 22 heavy (non-hydrogen) atoms. The Morgan fingerprint density at radius 3 is 1.23 bits per heavy atom. The summed E-state index contributed by atoms with van der Waals surface area (Å²) < 4.78 is 26.4. The topological polar surface area (TPSA) is 3.24 Å². The lowest BCUT2D eigenvalue weighted by Crippen LogP contribution is -2.09. The minimum atomic E-state index is -0.298. The molecule has 0 bridgehead atoms. The van der Waals surface area contributed by atoms with Gasteiger partial charge in [0.2, 0.25) is 0 Å². The van der Waals surface area contributed by atoms with Crippen LogP contribution in [0.4, 0.5) is 25.8 Å². The number of halogens is 2. The third-order valence-electron chi connectivity index (χ3n) is 3.28. The molecule has 0 amide bonds. The number of hydrogen-bond acceptors (Lipinski definition) is 2. The zero-order valence-electron chi connectivity index (χ0n) is 11.6. The monoisotopic (exact) mass is 313 g/mol. The van der Waals surface area contributed by atoms with Crippen LogP contribution in [0.2, 0.25) is 0 Å². The number of benzene rings is 3. The molecule has 0 heterocycles. The van der Waals surface area contributed by atoms with Gasteiger partial charge in [-0.15, -0.1) is 12.6 Å². The van der Waals surface area contributed by atoms with Crippen molar-refractivity contribution in [3.8, 4) is 0 Å². The van der Waals surface area contributed by atoms with Crippen molar-refractivity contribution in [1.29, 1.82) is 0 Å². The number of nitrogens with zero attached hydrogens (tertiary/aromatic N) is 1. The molecule has 0 saturated heterocycles. The maximum atomic E-state index is 13.2. The second-order valence-electron chi connectivity index (χ2n) is 4.80. The molecule has 0 aliphatic rings. The van der Waals surface area contributed by atoms with Gasteiger partial charge in [0.05, 0.1) is 0 Å². The first kappa shape index (κ1) is 14.6. The van der Waals surface area contributed by atoms with Gasteiger partial charge < -0.3 is 4.90 Å². The predicted molar refractivity (Wildman–Crippen MR) is 88.3 cm³/mol. The van der Waals surface area contributed by atoms with E-state index in [1.54, 1.807) is 24.3 Å². The highest BCUT2D eigenvalue weighted by atomic mass is 32.1. The maximum absolute atomic E-state index is 13.2. The van der Waals surface area contributed by atoms with Crippen LogP contribution >= 0.6 is 12.6 Å². The van der Waals surface area contributed by atoms with Crippen molar-refractivity contribution in [3.05, 3.63) is 84.4 Å². The van der Waals surface area contributed by atoms with Gasteiger partial charge in [0.1, 0.15) is 11.6 Å². The van der Waals surface area contributed by atoms with Crippen LogP contribution in [-0.4, -0.2) is 0 Å². The summed E-state index contributed by atoms with van der Waals surface area (Å²) in [6.45, 7) is 0. The zero-order valence-corrected chi connectivity index (χ0v) is 12.5. The fourth-order valence-electron chi connectivity index (χ4n) is 2.23. The lowest BCUT2D eigenvalue weighted by molar-refractivity contribution is 0.628. The van der Waals surface area contributed by atoms with Crippen molar-refractivity contribution in [3.63, 3.8) is 0 Å². The largest absolute Gasteiger partial charge is 0.310 e. The standard InChI is InChI=1S/C18H13F2NS/c19-13-1-5-15(6-2-13)21(16-7-3-14(20)4-8-16)17-9-11-18(22)12-10-17/h1-12,22H. The van der Waals surface area contributed by atoms with Crippen LogP contribution in [0, 0.1) is 11.6 Å². The van der Waals surface area contributed by atoms with E-state index in [9.17, 15) is 8.78 Å². The van der Waals surface area contributed by atoms with E-state index >= 15 is 0 Å². The summed E-state index contributed by atoms with van der Waals surface area (Å²) in [5.74, 6) is -0.595. The molecule has 0 aliphatic heterocycles. The first-order chi connectivity index (χ1) is 10.6. The third-order valence-corrected chi connectivity index (χ3v) is 3.58. The molecule has 0 spiro atoms. The van der Waals surface area contributed by atoms with Gasteiger partial charge in [0, 0.05) is 22.0 Å². The van der Waals surface area contributed by atoms with Crippen LogP contribution in [0.5, 0.6) is 0 Å². The average Bonchev–Trinajstić information content (AvgIpc) is 2.53. The van der Waals surface area contributed by atoms with Gasteiger partial charge in [-0.2, -0.15) is 0 Å². The lowest BCUT2D eigenvalue weighted by atomic mass is 10.2. The second-order valence-corrected chi connectivity index (χ2v) is 5.32. The first-order valence-corrected chi connectivity index (χ1v) is 7.18. The van der Waals surface area contributed by atoms with Crippen molar-refractivity contribution >= 4 is 29.7 Å². The van der Waals surface area contributed by atoms with Gasteiger partial charge in [-0.1, -0.05) is 0 Å². The smallest absolute Gasteiger partial charge is 0.123 e. The van der Waals surface area contributed by atoms with Crippen LogP contribution < -0.4 is 4.90 Å². The van der Waals surface area contributed by atoms with Crippen molar-refractivity contribution in [1.82, 2.24) is 0 Å². The van der Waals surface area contributed by atoms with Crippen molar-refractivity contribution in [2.24, 2.45) is 0 Å². The number of anilines is 3. The molecular weight excluding hydrogens is 300 g/mol. The van der Waals surface area contributed by atoms with E-state index < -0.39 is 0 Å². The molecular formula is C18H13F2NS. The van der Waals surface area contributed by atoms with Gasteiger partial charge in [0.15, 0.2) is 0 Å². The van der Waals surface area contributed by atoms with Crippen LogP contribution in [0.25, 0.3) is 0 Å². The van der Waals surface area contributed by atoms with E-state index in [0.29, 0.717) is 0 Å². The lowest BCUT2D eigenvalue weighted by Gasteiger charge is -2.25. The molecule has 110 valence electrons. The minimum absolute atomic E-state index is 0.298. The molecule has 0 unspecified atom stereocenters. The van der Waals surface area contributed by atoms with Crippen LogP contribution in [0.3, 0.4) is 0 Å². The summed E-state index contributed by atoms with van der Waals surface area (Å²) in [6.07, 6.45) is 0. The van der Waals surface area contributed by atoms with Gasteiger partial charge in [-0.25, -0.2) is 8.78 Å². The Kier molecular flexibility index (Phi) is 4.11. The number of rotatable bonds is 3. The van der Waals surface area contributed by atoms with E-state index in [2.05, 4.69) is 12.6 Å². The molecule has 0 saturated carbocycles. The van der Waals surface area contributed by atoms with Crippen molar-refractivity contribution < 1.29 is 8.78 Å². The van der Waals surface area contributed by atoms with Crippen LogP contribution in [0.15, 0.2) is 77.7 Å². The molecule has 0 fully saturated rings. The van der Waals surface area contributed by atoms with Crippen molar-refractivity contribution in [2.45, 2.75) is 4.90 Å². The molecule has 3 rings (SSSR count). The van der Waals surface area contributed by atoms with Crippen LogP contribution in [0.1, 0.15) is 0 Å². The molecule has 4 heteroatoms. The highest BCUT2D eigenvalue weighted by molar-refractivity contribution is 7.80. The Hall–Kier alpha value is -2.33. The summed E-state index contributed by atoms with van der Waals surface area (Å²) in [7, 11) is 0. The van der Waals surface area contributed by atoms with E-state index in [1.165, 1.54) is 24.3 Å². The fourth-order valence-corrected chi connectivity index (χ4v) is 2.38. The van der Waals surface area contributed by atoms with Crippen molar-refractivity contribution in [2.75, 3.05) is 4.90 Å². The Bertz CT molecular complexity index is 644. The van der Waals surface area contributed by atoms with Gasteiger partial charge in [-0.3, -0.25) is 0 Å². The summed E-state index contributed by atoms with van der Waals surface area (Å²) in [6, 6.07) is 19.9. The molecule has 3 aromatic carbocycles. The SMILES string of the molecule is Fc1ccc(N(c2ccc(F)cc2)c2ccc(S)cc2)cc1. The first-order valence-electron chi connectivity index (χ1n) is 6.74. The quantitative estimate of drug-likeness (QED) is 0.605. The number of thiol groups is 1. The van der Waals surface area contributed by atoms with Gasteiger partial charge in [0.25, 0.3) is 0 Å². The third kappa shape index (κ3) is 3.12. The molecule has 0 aromatic heterocycles. The average molecular weight is 313 g/mol. The summed E-state index contributed by atoms with van der Waals surface area (Å²) >= 11 is 4.28. The normalized spacial score (nSPS) is 10.5. The highest BCUT2D eigenvalue weighted by Gasteiger charge is 2.12. The van der Waals surface area contributed by atoms with Crippen LogP contribution in [-0.2, 0) is 0 Å². The zero-order chi connectivity index (χ0) is 15.5. The summed E-state index contributed by atoms with van der Waals surface area (Å²) in [5.41, 5.74) is 2.47. The van der Waals surface area contributed by atoms with E-state index in [0.717, 1.165) is 22.0 Å². The second kappa shape index (κ2) is 6.20.